The maximum Gasteiger partial charge on any atom is 0.325 e. The number of hydrogen-bond donors (Lipinski definition) is 1. The van der Waals surface area contributed by atoms with E-state index in [9.17, 15) is 19.7 Å². The van der Waals surface area contributed by atoms with Crippen LogP contribution in [0.25, 0.3) is 0 Å². The molecule has 0 bridgehead atoms. The minimum absolute atomic E-state index is 0.0160. The average Bonchev–Trinajstić information content (AvgIpc) is 3.02. The zero-order chi connectivity index (χ0) is 22.2. The number of carbonyl (C=O) groups excluding carboxylic acids is 2. The predicted molar refractivity (Wildman–Crippen MR) is 115 cm³/mol. The quantitative estimate of drug-likeness (QED) is 0.384. The van der Waals surface area contributed by atoms with Crippen LogP contribution in [0.1, 0.15) is 27.8 Å². The highest BCUT2D eigenvalue weighted by Crippen LogP contribution is 2.37. The topological polar surface area (TPSA) is 92.6 Å². The van der Waals surface area contributed by atoms with Crippen molar-refractivity contribution < 1.29 is 14.5 Å². The van der Waals surface area contributed by atoms with Crippen LogP contribution in [0.2, 0.25) is 0 Å². The summed E-state index contributed by atoms with van der Waals surface area (Å²) >= 11 is 0. The number of aryl methyl sites for hydroxylation is 2. The van der Waals surface area contributed by atoms with Crippen molar-refractivity contribution in [2.75, 3.05) is 0 Å². The molecule has 3 aromatic rings. The van der Waals surface area contributed by atoms with E-state index in [0.29, 0.717) is 16.7 Å². The number of benzene rings is 3. The van der Waals surface area contributed by atoms with Crippen molar-refractivity contribution in [2.45, 2.75) is 25.9 Å². The molecule has 1 atom stereocenters. The second-order valence-electron chi connectivity index (χ2n) is 7.66. The molecule has 4 rings (SSSR count). The lowest BCUT2D eigenvalue weighted by molar-refractivity contribution is -0.384. The summed E-state index contributed by atoms with van der Waals surface area (Å²) in [6.45, 7) is 3.97. The lowest BCUT2D eigenvalue weighted by Crippen LogP contribution is -2.45. The molecule has 31 heavy (non-hydrogen) atoms. The molecule has 1 fully saturated rings. The van der Waals surface area contributed by atoms with Crippen LogP contribution < -0.4 is 5.32 Å². The Hall–Kier alpha value is -4.00. The molecular weight excluding hydrogens is 394 g/mol. The van der Waals surface area contributed by atoms with Gasteiger partial charge in [0.1, 0.15) is 0 Å². The van der Waals surface area contributed by atoms with E-state index < -0.39 is 16.5 Å². The molecule has 0 spiro atoms. The second kappa shape index (κ2) is 7.68. The standard InChI is InChI=1S/C24H21N3O4/c1-16-8-11-20(14-17(16)2)24(19-6-4-3-5-7-19)22(28)26(23(29)25-24)15-18-9-12-21(13-10-18)27(30)31/h3-14H,15H2,1-2H3,(H,25,29)/t24-/m1/s1. The van der Waals surface area contributed by atoms with Crippen molar-refractivity contribution in [1.82, 2.24) is 10.2 Å². The van der Waals surface area contributed by atoms with Gasteiger partial charge < -0.3 is 5.32 Å². The van der Waals surface area contributed by atoms with Crippen LogP contribution >= 0.6 is 0 Å². The summed E-state index contributed by atoms with van der Waals surface area (Å²) in [5.74, 6) is -0.384. The minimum Gasteiger partial charge on any atom is -0.315 e. The Morgan fingerprint density at radius 2 is 1.58 bits per heavy atom. The Balaban J connectivity index is 1.76. The molecule has 1 saturated heterocycles. The summed E-state index contributed by atoms with van der Waals surface area (Å²) in [6, 6.07) is 20.2. The van der Waals surface area contributed by atoms with Crippen molar-refractivity contribution >= 4 is 17.6 Å². The van der Waals surface area contributed by atoms with Crippen molar-refractivity contribution in [3.8, 4) is 0 Å². The Bertz CT molecular complexity index is 1180. The average molecular weight is 415 g/mol. The number of non-ortho nitro benzene ring substituents is 1. The fourth-order valence-electron chi connectivity index (χ4n) is 3.85. The summed E-state index contributed by atoms with van der Waals surface area (Å²) in [7, 11) is 0. The fraction of sp³-hybridized carbons (Fsp3) is 0.167. The molecule has 0 radical (unpaired) electrons. The molecule has 1 aliphatic heterocycles. The van der Waals surface area contributed by atoms with Crippen molar-refractivity contribution in [1.29, 1.82) is 0 Å². The Morgan fingerprint density at radius 3 is 2.19 bits per heavy atom. The van der Waals surface area contributed by atoms with Gasteiger partial charge in [0.2, 0.25) is 0 Å². The first-order valence-corrected chi connectivity index (χ1v) is 9.83. The van der Waals surface area contributed by atoms with Crippen molar-refractivity contribution in [2.24, 2.45) is 0 Å². The number of carbonyl (C=O) groups is 2. The van der Waals surface area contributed by atoms with Gasteiger partial charge in [-0.15, -0.1) is 0 Å². The SMILES string of the molecule is Cc1ccc([C@@]2(c3ccccc3)NC(=O)N(Cc3ccc([N+](=O)[O-])cc3)C2=O)cc1C. The highest BCUT2D eigenvalue weighted by atomic mass is 16.6. The van der Waals surface area contributed by atoms with Gasteiger partial charge in [0.25, 0.3) is 11.6 Å². The Morgan fingerprint density at radius 1 is 0.903 bits per heavy atom. The second-order valence-corrected chi connectivity index (χ2v) is 7.66. The lowest BCUT2D eigenvalue weighted by Gasteiger charge is -2.28. The smallest absolute Gasteiger partial charge is 0.315 e. The van der Waals surface area contributed by atoms with E-state index in [1.807, 2.05) is 62.4 Å². The normalized spacial score (nSPS) is 18.2. The summed E-state index contributed by atoms with van der Waals surface area (Å²) < 4.78 is 0. The van der Waals surface area contributed by atoms with E-state index in [-0.39, 0.29) is 18.1 Å². The number of urea groups is 1. The molecule has 0 aliphatic carbocycles. The van der Waals surface area contributed by atoms with Crippen LogP contribution in [-0.4, -0.2) is 21.8 Å². The first kappa shape index (κ1) is 20.3. The summed E-state index contributed by atoms with van der Waals surface area (Å²) in [6.07, 6.45) is 0. The first-order chi connectivity index (χ1) is 14.8. The number of nitrogens with one attached hydrogen (secondary N) is 1. The molecule has 1 heterocycles. The molecule has 156 valence electrons. The van der Waals surface area contributed by atoms with Gasteiger partial charge in [0.15, 0.2) is 5.54 Å². The molecule has 3 aromatic carbocycles. The van der Waals surface area contributed by atoms with Gasteiger partial charge in [-0.3, -0.25) is 19.8 Å². The number of rotatable bonds is 5. The fourth-order valence-corrected chi connectivity index (χ4v) is 3.85. The monoisotopic (exact) mass is 415 g/mol. The summed E-state index contributed by atoms with van der Waals surface area (Å²) in [4.78, 5) is 38.3. The van der Waals surface area contributed by atoms with Crippen LogP contribution in [0.4, 0.5) is 10.5 Å². The maximum absolute atomic E-state index is 13.7. The number of nitro benzene ring substituents is 1. The highest BCUT2D eigenvalue weighted by Gasteiger charge is 2.53. The van der Waals surface area contributed by atoms with Gasteiger partial charge in [-0.05, 0) is 41.7 Å². The summed E-state index contributed by atoms with van der Waals surface area (Å²) in [5.41, 5.74) is 2.70. The highest BCUT2D eigenvalue weighted by molar-refractivity contribution is 6.09. The van der Waals surface area contributed by atoms with Gasteiger partial charge >= 0.3 is 6.03 Å². The zero-order valence-corrected chi connectivity index (χ0v) is 17.2. The first-order valence-electron chi connectivity index (χ1n) is 9.83. The van der Waals surface area contributed by atoms with Crippen LogP contribution in [0.5, 0.6) is 0 Å². The molecule has 1 N–H and O–H groups in total. The van der Waals surface area contributed by atoms with Gasteiger partial charge in [0, 0.05) is 12.1 Å². The van der Waals surface area contributed by atoms with E-state index in [2.05, 4.69) is 5.32 Å². The predicted octanol–water partition coefficient (Wildman–Crippen LogP) is 4.21. The molecule has 0 unspecified atom stereocenters. The van der Waals surface area contributed by atoms with Gasteiger partial charge in [0.05, 0.1) is 11.5 Å². The third-order valence-electron chi connectivity index (χ3n) is 5.74. The minimum atomic E-state index is -1.34. The number of hydrogen-bond acceptors (Lipinski definition) is 4. The van der Waals surface area contributed by atoms with Crippen LogP contribution in [0.3, 0.4) is 0 Å². The summed E-state index contributed by atoms with van der Waals surface area (Å²) in [5, 5.41) is 13.8. The van der Waals surface area contributed by atoms with Crippen LogP contribution in [0, 0.1) is 24.0 Å². The molecular formula is C24H21N3O4. The lowest BCUT2D eigenvalue weighted by atomic mass is 9.81. The number of amides is 3. The number of nitrogens with zero attached hydrogens (tertiary/aromatic N) is 2. The van der Waals surface area contributed by atoms with E-state index in [0.717, 1.165) is 16.0 Å². The Labute approximate surface area is 179 Å². The van der Waals surface area contributed by atoms with Crippen LogP contribution in [-0.2, 0) is 16.9 Å². The van der Waals surface area contributed by atoms with Crippen molar-refractivity contribution in [3.63, 3.8) is 0 Å². The molecule has 0 aromatic heterocycles. The third-order valence-corrected chi connectivity index (χ3v) is 5.74. The van der Waals surface area contributed by atoms with E-state index in [1.54, 1.807) is 12.1 Å². The maximum atomic E-state index is 13.7. The van der Waals surface area contributed by atoms with Crippen LogP contribution in [0.15, 0.2) is 72.8 Å². The van der Waals surface area contributed by atoms with E-state index in [1.165, 1.54) is 12.1 Å². The molecule has 7 heteroatoms. The molecule has 1 aliphatic rings. The van der Waals surface area contributed by atoms with E-state index in [4.69, 9.17) is 0 Å². The third kappa shape index (κ3) is 3.44. The largest absolute Gasteiger partial charge is 0.325 e. The molecule has 3 amide bonds. The number of imide groups is 1. The van der Waals surface area contributed by atoms with E-state index >= 15 is 0 Å². The van der Waals surface area contributed by atoms with Gasteiger partial charge in [-0.1, -0.05) is 60.7 Å². The van der Waals surface area contributed by atoms with Gasteiger partial charge in [-0.25, -0.2) is 4.79 Å². The number of nitro groups is 1. The molecule has 7 nitrogen and oxygen atoms in total. The Kier molecular flexibility index (Phi) is 5.02. The zero-order valence-electron chi connectivity index (χ0n) is 17.2. The van der Waals surface area contributed by atoms with Gasteiger partial charge in [-0.2, -0.15) is 0 Å². The molecule has 0 saturated carbocycles. The van der Waals surface area contributed by atoms with Crippen molar-refractivity contribution in [3.05, 3.63) is 111 Å².